The van der Waals surface area contributed by atoms with Crippen molar-refractivity contribution >= 4 is 15.9 Å². The second-order valence-corrected chi connectivity index (χ2v) is 5.32. The Morgan fingerprint density at radius 1 is 1.21 bits per heavy atom. The van der Waals surface area contributed by atoms with E-state index in [4.69, 9.17) is 9.47 Å². The molecule has 2 heterocycles. The average molecular weight is 323 g/mol. The van der Waals surface area contributed by atoms with Gasteiger partial charge in [0, 0.05) is 7.05 Å². The lowest BCUT2D eigenvalue weighted by molar-refractivity contribution is 0.171. The first-order chi connectivity index (χ1) is 9.24. The molecule has 4 nitrogen and oxygen atoms in total. The van der Waals surface area contributed by atoms with Crippen LogP contribution in [0.1, 0.15) is 11.3 Å². The molecule has 0 saturated heterocycles. The van der Waals surface area contributed by atoms with Gasteiger partial charge in [-0.1, -0.05) is 6.07 Å². The molecule has 3 rings (SSSR count). The number of imidazole rings is 1. The topological polar surface area (TPSA) is 36.3 Å². The van der Waals surface area contributed by atoms with E-state index in [0.717, 1.165) is 34.6 Å². The van der Waals surface area contributed by atoms with Crippen LogP contribution in [0.15, 0.2) is 29.1 Å². The van der Waals surface area contributed by atoms with Crippen molar-refractivity contribution in [1.82, 2.24) is 9.55 Å². The minimum atomic E-state index is 0.627. The number of halogens is 1. The molecule has 0 bridgehead atoms. The number of hydrogen-bond donors (Lipinski definition) is 0. The normalized spacial score (nSPS) is 13.6. The first-order valence-electron chi connectivity index (χ1n) is 6.28. The van der Waals surface area contributed by atoms with Crippen LogP contribution in [0.4, 0.5) is 0 Å². The number of nitrogens with zero attached hydrogens (tertiary/aromatic N) is 2. The van der Waals surface area contributed by atoms with Gasteiger partial charge in [-0.15, -0.1) is 0 Å². The molecule has 5 heteroatoms. The standard InChI is InChI=1S/C14H15BrN2O2/c1-17-9-16-11(14(17)15)4-2-10-3-5-12-13(8-10)19-7-6-18-12/h3,5,8-9H,2,4,6-7H2,1H3. The van der Waals surface area contributed by atoms with Gasteiger partial charge in [0.25, 0.3) is 0 Å². The van der Waals surface area contributed by atoms with Crippen LogP contribution >= 0.6 is 15.9 Å². The fourth-order valence-corrected chi connectivity index (χ4v) is 2.53. The lowest BCUT2D eigenvalue weighted by Crippen LogP contribution is -2.15. The van der Waals surface area contributed by atoms with Gasteiger partial charge in [0.1, 0.15) is 17.8 Å². The zero-order valence-electron chi connectivity index (χ0n) is 10.7. The Kier molecular flexibility index (Phi) is 3.46. The quantitative estimate of drug-likeness (QED) is 0.871. The molecule has 0 spiro atoms. The summed E-state index contributed by atoms with van der Waals surface area (Å²) >= 11 is 3.54. The fourth-order valence-electron chi connectivity index (χ4n) is 2.14. The first kappa shape index (κ1) is 12.5. The average Bonchev–Trinajstić information content (AvgIpc) is 2.76. The summed E-state index contributed by atoms with van der Waals surface area (Å²) in [5.74, 6) is 1.69. The van der Waals surface area contributed by atoms with Crippen molar-refractivity contribution in [3.63, 3.8) is 0 Å². The number of fused-ring (bicyclic) bond motifs is 1. The molecule has 1 aliphatic heterocycles. The summed E-state index contributed by atoms with van der Waals surface area (Å²) in [7, 11) is 1.98. The van der Waals surface area contributed by atoms with E-state index in [2.05, 4.69) is 33.0 Å². The summed E-state index contributed by atoms with van der Waals surface area (Å²) in [5.41, 5.74) is 2.32. The molecule has 0 N–H and O–H groups in total. The monoisotopic (exact) mass is 322 g/mol. The van der Waals surface area contributed by atoms with Crippen LogP contribution in [0, 0.1) is 0 Å². The molecule has 0 radical (unpaired) electrons. The van der Waals surface area contributed by atoms with E-state index < -0.39 is 0 Å². The summed E-state index contributed by atoms with van der Waals surface area (Å²) in [5, 5.41) is 0. The van der Waals surface area contributed by atoms with Gasteiger partial charge in [-0.25, -0.2) is 4.98 Å². The van der Waals surface area contributed by atoms with E-state index in [1.165, 1.54) is 5.56 Å². The zero-order valence-corrected chi connectivity index (χ0v) is 12.3. The van der Waals surface area contributed by atoms with Crippen molar-refractivity contribution in [2.45, 2.75) is 12.8 Å². The molecule has 0 atom stereocenters. The minimum absolute atomic E-state index is 0.627. The van der Waals surface area contributed by atoms with Crippen molar-refractivity contribution in [3.05, 3.63) is 40.4 Å². The van der Waals surface area contributed by atoms with Crippen molar-refractivity contribution in [2.75, 3.05) is 13.2 Å². The van der Waals surface area contributed by atoms with Crippen molar-refractivity contribution in [2.24, 2.45) is 7.05 Å². The second kappa shape index (κ2) is 5.25. The molecular formula is C14H15BrN2O2. The maximum atomic E-state index is 5.59. The molecule has 2 aromatic rings. The third-order valence-corrected chi connectivity index (χ3v) is 4.21. The van der Waals surface area contributed by atoms with Gasteiger partial charge in [0.15, 0.2) is 11.5 Å². The van der Waals surface area contributed by atoms with Gasteiger partial charge >= 0.3 is 0 Å². The zero-order chi connectivity index (χ0) is 13.2. The van der Waals surface area contributed by atoms with E-state index >= 15 is 0 Å². The number of benzene rings is 1. The summed E-state index contributed by atoms with van der Waals surface area (Å²) in [6.07, 6.45) is 3.66. The summed E-state index contributed by atoms with van der Waals surface area (Å²) in [4.78, 5) is 4.38. The van der Waals surface area contributed by atoms with Crippen LogP contribution < -0.4 is 9.47 Å². The van der Waals surface area contributed by atoms with Gasteiger partial charge in [0.2, 0.25) is 0 Å². The maximum absolute atomic E-state index is 5.59. The number of aryl methyl sites for hydroxylation is 3. The lowest BCUT2D eigenvalue weighted by atomic mass is 10.1. The SMILES string of the molecule is Cn1cnc(CCc2ccc3c(c2)OCCO3)c1Br. The number of aromatic nitrogens is 2. The van der Waals surface area contributed by atoms with E-state index in [1.807, 2.05) is 24.0 Å². The Hall–Kier alpha value is -1.49. The number of hydrogen-bond acceptors (Lipinski definition) is 3. The molecule has 1 aromatic heterocycles. The third-order valence-electron chi connectivity index (χ3n) is 3.19. The minimum Gasteiger partial charge on any atom is -0.486 e. The highest BCUT2D eigenvalue weighted by Crippen LogP contribution is 2.31. The molecule has 1 aliphatic rings. The molecule has 19 heavy (non-hydrogen) atoms. The summed E-state index contributed by atoms with van der Waals surface area (Å²) < 4.78 is 14.1. The first-order valence-corrected chi connectivity index (χ1v) is 7.07. The highest BCUT2D eigenvalue weighted by molar-refractivity contribution is 9.10. The number of ether oxygens (including phenoxy) is 2. The molecule has 1 aromatic carbocycles. The smallest absolute Gasteiger partial charge is 0.161 e. The Labute approximate surface area is 120 Å². The van der Waals surface area contributed by atoms with Crippen molar-refractivity contribution < 1.29 is 9.47 Å². The van der Waals surface area contributed by atoms with Crippen LogP contribution in [0.3, 0.4) is 0 Å². The van der Waals surface area contributed by atoms with Gasteiger partial charge in [-0.2, -0.15) is 0 Å². The summed E-state index contributed by atoms with van der Waals surface area (Å²) in [6.45, 7) is 1.26. The molecule has 0 unspecified atom stereocenters. The summed E-state index contributed by atoms with van der Waals surface area (Å²) in [6, 6.07) is 6.13. The van der Waals surface area contributed by atoms with Crippen LogP contribution in [0.5, 0.6) is 11.5 Å². The molecule has 0 amide bonds. The number of rotatable bonds is 3. The predicted octanol–water partition coefficient (Wildman–Crippen LogP) is 2.74. The van der Waals surface area contributed by atoms with E-state index in [1.54, 1.807) is 0 Å². The van der Waals surface area contributed by atoms with Gasteiger partial charge < -0.3 is 14.0 Å². The predicted molar refractivity (Wildman–Crippen MR) is 75.7 cm³/mol. The third kappa shape index (κ3) is 2.61. The van der Waals surface area contributed by atoms with E-state index in [0.29, 0.717) is 13.2 Å². The van der Waals surface area contributed by atoms with Crippen molar-refractivity contribution in [1.29, 1.82) is 0 Å². The van der Waals surface area contributed by atoms with Gasteiger partial charge in [0.05, 0.1) is 12.0 Å². The van der Waals surface area contributed by atoms with E-state index in [-0.39, 0.29) is 0 Å². The van der Waals surface area contributed by atoms with Crippen molar-refractivity contribution in [3.8, 4) is 11.5 Å². The fraction of sp³-hybridized carbons (Fsp3) is 0.357. The lowest BCUT2D eigenvalue weighted by Gasteiger charge is -2.18. The van der Waals surface area contributed by atoms with Crippen LogP contribution in [-0.4, -0.2) is 22.8 Å². The van der Waals surface area contributed by atoms with Crippen LogP contribution in [0.2, 0.25) is 0 Å². The highest BCUT2D eigenvalue weighted by atomic mass is 79.9. The molecule has 0 aliphatic carbocycles. The van der Waals surface area contributed by atoms with Crippen LogP contribution in [-0.2, 0) is 19.9 Å². The second-order valence-electron chi connectivity index (χ2n) is 4.57. The van der Waals surface area contributed by atoms with Gasteiger partial charge in [-0.3, -0.25) is 0 Å². The largest absolute Gasteiger partial charge is 0.486 e. The molecule has 0 fully saturated rings. The Morgan fingerprint density at radius 2 is 2.00 bits per heavy atom. The van der Waals surface area contributed by atoms with E-state index in [9.17, 15) is 0 Å². The Balaban J connectivity index is 1.72. The molecule has 0 saturated carbocycles. The Morgan fingerprint density at radius 3 is 2.74 bits per heavy atom. The molecular weight excluding hydrogens is 308 g/mol. The van der Waals surface area contributed by atoms with Gasteiger partial charge in [-0.05, 0) is 46.5 Å². The van der Waals surface area contributed by atoms with Crippen LogP contribution in [0.25, 0.3) is 0 Å². The maximum Gasteiger partial charge on any atom is 0.161 e. The highest BCUT2D eigenvalue weighted by Gasteiger charge is 2.12. The molecule has 100 valence electrons. The Bertz CT molecular complexity index is 595.